The normalized spacial score (nSPS) is 13.1. The third-order valence-corrected chi connectivity index (χ3v) is 7.46. The van der Waals surface area contributed by atoms with Crippen LogP contribution in [0.3, 0.4) is 0 Å². The molecule has 5 nitrogen and oxygen atoms in total. The number of nitrogens with zero attached hydrogens (tertiary/aromatic N) is 1. The molecule has 25 heavy (non-hydrogen) atoms. The average molecular weight is 395 g/mol. The van der Waals surface area contributed by atoms with Gasteiger partial charge in [-0.3, -0.25) is 0 Å². The van der Waals surface area contributed by atoms with Crippen molar-refractivity contribution < 1.29 is 13.2 Å². The van der Waals surface area contributed by atoms with Crippen molar-refractivity contribution >= 4 is 43.3 Å². The van der Waals surface area contributed by atoms with Gasteiger partial charge in [-0.1, -0.05) is 36.0 Å². The van der Waals surface area contributed by atoms with E-state index in [9.17, 15) is 8.42 Å². The van der Waals surface area contributed by atoms with E-state index < -0.39 is 15.3 Å². The SMILES string of the molecule is COc1ccccc1C(CSc1nc2cc(C)ccc2s1)S(N)(=O)=O. The molecule has 2 N–H and O–H groups in total. The van der Waals surface area contributed by atoms with Crippen LogP contribution in [-0.2, 0) is 10.0 Å². The van der Waals surface area contributed by atoms with E-state index in [1.807, 2.05) is 25.1 Å². The first-order valence-corrected chi connectivity index (χ1v) is 10.9. The van der Waals surface area contributed by atoms with Crippen molar-refractivity contribution in [2.75, 3.05) is 12.9 Å². The molecule has 8 heteroatoms. The van der Waals surface area contributed by atoms with Gasteiger partial charge in [0.1, 0.15) is 11.0 Å². The third kappa shape index (κ3) is 4.14. The second-order valence-corrected chi connectivity index (χ2v) is 9.63. The molecular formula is C17H18N2O3S3. The molecule has 0 fully saturated rings. The summed E-state index contributed by atoms with van der Waals surface area (Å²) in [5.74, 6) is 0.792. The lowest BCUT2D eigenvalue weighted by atomic mass is 10.1. The molecule has 3 rings (SSSR count). The summed E-state index contributed by atoms with van der Waals surface area (Å²) in [6.07, 6.45) is 0. The second kappa shape index (κ2) is 7.33. The molecule has 1 atom stereocenters. The molecule has 0 spiro atoms. The summed E-state index contributed by atoms with van der Waals surface area (Å²) in [7, 11) is -2.27. The van der Waals surface area contributed by atoms with Crippen LogP contribution in [0.1, 0.15) is 16.4 Å². The van der Waals surface area contributed by atoms with Gasteiger partial charge >= 0.3 is 0 Å². The molecule has 0 aliphatic heterocycles. The van der Waals surface area contributed by atoms with Crippen molar-refractivity contribution in [2.24, 2.45) is 5.14 Å². The van der Waals surface area contributed by atoms with Crippen LogP contribution < -0.4 is 9.88 Å². The number of ether oxygens (including phenoxy) is 1. The van der Waals surface area contributed by atoms with E-state index in [1.165, 1.54) is 18.9 Å². The Morgan fingerprint density at radius 1 is 1.28 bits per heavy atom. The van der Waals surface area contributed by atoms with Crippen LogP contribution in [-0.4, -0.2) is 26.3 Å². The maximum Gasteiger partial charge on any atom is 0.217 e. The van der Waals surface area contributed by atoms with Crippen LogP contribution in [0.15, 0.2) is 46.8 Å². The number of benzene rings is 2. The quantitative estimate of drug-likeness (QED) is 0.644. The summed E-state index contributed by atoms with van der Waals surface area (Å²) in [5.41, 5.74) is 2.64. The smallest absolute Gasteiger partial charge is 0.217 e. The molecule has 0 saturated carbocycles. The molecule has 0 saturated heterocycles. The molecule has 0 aliphatic carbocycles. The first-order valence-electron chi connectivity index (χ1n) is 7.53. The fourth-order valence-electron chi connectivity index (χ4n) is 2.52. The fraction of sp³-hybridized carbons (Fsp3) is 0.235. The monoisotopic (exact) mass is 394 g/mol. The summed E-state index contributed by atoms with van der Waals surface area (Å²) < 4.78 is 31.5. The molecule has 0 bridgehead atoms. The zero-order valence-corrected chi connectivity index (χ0v) is 16.2. The Kier molecular flexibility index (Phi) is 5.33. The number of fused-ring (bicyclic) bond motifs is 1. The van der Waals surface area contributed by atoms with E-state index in [2.05, 4.69) is 4.98 Å². The highest BCUT2D eigenvalue weighted by atomic mass is 32.2. The predicted octanol–water partition coefficient (Wildman–Crippen LogP) is 3.74. The number of rotatable bonds is 6. The first-order chi connectivity index (χ1) is 11.9. The van der Waals surface area contributed by atoms with Crippen molar-refractivity contribution in [1.29, 1.82) is 0 Å². The van der Waals surface area contributed by atoms with Gasteiger partial charge in [0, 0.05) is 11.3 Å². The number of sulfonamides is 1. The third-order valence-electron chi connectivity index (χ3n) is 3.76. The van der Waals surface area contributed by atoms with Gasteiger partial charge in [0.2, 0.25) is 10.0 Å². The predicted molar refractivity (Wildman–Crippen MR) is 104 cm³/mol. The number of thioether (sulfide) groups is 1. The summed E-state index contributed by atoms with van der Waals surface area (Å²) in [4.78, 5) is 4.58. The molecular weight excluding hydrogens is 376 g/mol. The van der Waals surface area contributed by atoms with E-state index in [4.69, 9.17) is 9.88 Å². The standard InChI is InChI=1S/C17H18N2O3S3/c1-11-7-8-15-13(9-11)19-17(24-15)23-10-16(25(18,20)21)12-5-3-4-6-14(12)22-2/h3-9,16H,10H2,1-2H3,(H2,18,20,21). The van der Waals surface area contributed by atoms with Gasteiger partial charge in [-0.25, -0.2) is 18.5 Å². The summed E-state index contributed by atoms with van der Waals surface area (Å²) >= 11 is 2.94. The first kappa shape index (κ1) is 18.2. The van der Waals surface area contributed by atoms with Crippen LogP contribution in [0.25, 0.3) is 10.2 Å². The molecule has 0 radical (unpaired) electrons. The van der Waals surface area contributed by atoms with Crippen molar-refractivity contribution in [3.05, 3.63) is 53.6 Å². The van der Waals surface area contributed by atoms with Crippen molar-refractivity contribution in [1.82, 2.24) is 4.98 Å². The summed E-state index contributed by atoms with van der Waals surface area (Å²) in [6, 6.07) is 13.1. The molecule has 0 aliphatic rings. The Bertz CT molecular complexity index is 999. The average Bonchev–Trinajstić information content (AvgIpc) is 2.96. The van der Waals surface area contributed by atoms with E-state index in [0.29, 0.717) is 11.3 Å². The highest BCUT2D eigenvalue weighted by Gasteiger charge is 2.27. The van der Waals surface area contributed by atoms with Gasteiger partial charge in [-0.15, -0.1) is 11.3 Å². The Labute approximate surface area is 155 Å². The summed E-state index contributed by atoms with van der Waals surface area (Å²) in [5, 5.41) is 4.62. The minimum atomic E-state index is -3.78. The van der Waals surface area contributed by atoms with Gasteiger partial charge in [-0.05, 0) is 30.7 Å². The van der Waals surface area contributed by atoms with Crippen LogP contribution >= 0.6 is 23.1 Å². The topological polar surface area (TPSA) is 82.3 Å². The molecule has 1 heterocycles. The Morgan fingerprint density at radius 2 is 2.04 bits per heavy atom. The van der Waals surface area contributed by atoms with Gasteiger partial charge in [0.05, 0.1) is 17.3 Å². The number of hydrogen-bond donors (Lipinski definition) is 1. The lowest BCUT2D eigenvalue weighted by molar-refractivity contribution is 0.409. The van der Waals surface area contributed by atoms with Crippen molar-refractivity contribution in [3.8, 4) is 5.75 Å². The molecule has 0 amide bonds. The van der Waals surface area contributed by atoms with E-state index >= 15 is 0 Å². The maximum atomic E-state index is 12.1. The zero-order chi connectivity index (χ0) is 18.0. The molecule has 1 aromatic heterocycles. The fourth-order valence-corrected chi connectivity index (χ4v) is 6.05. The highest BCUT2D eigenvalue weighted by Crippen LogP contribution is 2.36. The lowest BCUT2D eigenvalue weighted by Crippen LogP contribution is -2.24. The van der Waals surface area contributed by atoms with Crippen molar-refractivity contribution in [3.63, 3.8) is 0 Å². The van der Waals surface area contributed by atoms with Crippen LogP contribution in [0, 0.1) is 6.92 Å². The number of hydrogen-bond acceptors (Lipinski definition) is 6. The van der Waals surface area contributed by atoms with Crippen LogP contribution in [0.5, 0.6) is 5.75 Å². The Hall–Kier alpha value is -1.61. The number of primary sulfonamides is 1. The van der Waals surface area contributed by atoms with Gasteiger partial charge < -0.3 is 4.74 Å². The number of methoxy groups -OCH3 is 1. The second-order valence-electron chi connectivity index (χ2n) is 5.58. The minimum absolute atomic E-state index is 0.276. The largest absolute Gasteiger partial charge is 0.496 e. The van der Waals surface area contributed by atoms with Crippen molar-refractivity contribution in [2.45, 2.75) is 16.5 Å². The zero-order valence-electron chi connectivity index (χ0n) is 13.8. The van der Waals surface area contributed by atoms with Crippen LogP contribution in [0.2, 0.25) is 0 Å². The number of aromatic nitrogens is 1. The minimum Gasteiger partial charge on any atom is -0.496 e. The molecule has 3 aromatic rings. The Balaban J connectivity index is 1.88. The van der Waals surface area contributed by atoms with E-state index in [0.717, 1.165) is 20.1 Å². The Morgan fingerprint density at radius 3 is 2.76 bits per heavy atom. The van der Waals surface area contributed by atoms with Crippen LogP contribution in [0.4, 0.5) is 0 Å². The lowest BCUT2D eigenvalue weighted by Gasteiger charge is -2.17. The molecule has 1 unspecified atom stereocenters. The summed E-state index contributed by atoms with van der Waals surface area (Å²) in [6.45, 7) is 2.02. The van der Waals surface area contributed by atoms with E-state index in [-0.39, 0.29) is 5.75 Å². The van der Waals surface area contributed by atoms with Gasteiger partial charge in [0.15, 0.2) is 4.34 Å². The van der Waals surface area contributed by atoms with Gasteiger partial charge in [-0.2, -0.15) is 0 Å². The number of thiazole rings is 1. The number of aryl methyl sites for hydroxylation is 1. The van der Waals surface area contributed by atoms with E-state index in [1.54, 1.807) is 35.6 Å². The number of nitrogens with two attached hydrogens (primary N) is 1. The van der Waals surface area contributed by atoms with Gasteiger partial charge in [0.25, 0.3) is 0 Å². The molecule has 132 valence electrons. The maximum absolute atomic E-state index is 12.1. The molecule has 2 aromatic carbocycles. The number of para-hydroxylation sites is 1. The highest BCUT2D eigenvalue weighted by molar-refractivity contribution is 8.02.